The summed E-state index contributed by atoms with van der Waals surface area (Å²) in [6.07, 6.45) is 3.24. The second kappa shape index (κ2) is 10.1. The molecule has 7 nitrogen and oxygen atoms in total. The summed E-state index contributed by atoms with van der Waals surface area (Å²) in [5, 5.41) is 15.7. The predicted molar refractivity (Wildman–Crippen MR) is 128 cm³/mol. The highest BCUT2D eigenvalue weighted by atomic mass is 19.1. The molecule has 5 rings (SSSR count). The number of ether oxygens (including phenoxy) is 1. The van der Waals surface area contributed by atoms with Crippen molar-refractivity contribution >= 4 is 11.8 Å². The van der Waals surface area contributed by atoms with Gasteiger partial charge in [-0.25, -0.2) is 4.39 Å². The minimum absolute atomic E-state index is 0.0356. The molecule has 2 aliphatic heterocycles. The number of piperidine rings is 1. The maximum atomic E-state index is 14.9. The van der Waals surface area contributed by atoms with Crippen LogP contribution in [0.2, 0.25) is 0 Å². The average Bonchev–Trinajstić information content (AvgIpc) is 3.54. The van der Waals surface area contributed by atoms with Gasteiger partial charge >= 0.3 is 0 Å². The number of nitrogens with zero attached hydrogens (tertiary/aromatic N) is 2. The van der Waals surface area contributed by atoms with Gasteiger partial charge in [0.2, 0.25) is 5.91 Å². The fourth-order valence-electron chi connectivity index (χ4n) is 5.41. The molecule has 0 aromatic heterocycles. The number of amides is 2. The van der Waals surface area contributed by atoms with Gasteiger partial charge in [-0.3, -0.25) is 9.59 Å². The number of rotatable bonds is 6. The highest BCUT2D eigenvalue weighted by Gasteiger charge is 2.43. The van der Waals surface area contributed by atoms with Crippen molar-refractivity contribution < 1.29 is 18.7 Å². The van der Waals surface area contributed by atoms with E-state index in [4.69, 9.17) is 4.74 Å². The van der Waals surface area contributed by atoms with Gasteiger partial charge in [0.05, 0.1) is 25.3 Å². The molecule has 2 bridgehead atoms. The van der Waals surface area contributed by atoms with Crippen LogP contribution in [0.3, 0.4) is 0 Å². The Kier molecular flexibility index (Phi) is 6.80. The molecular formula is C27H29FN4O3. The van der Waals surface area contributed by atoms with Gasteiger partial charge in [0.1, 0.15) is 11.9 Å². The van der Waals surface area contributed by atoms with Gasteiger partial charge in [0.15, 0.2) is 0 Å². The summed E-state index contributed by atoms with van der Waals surface area (Å²) >= 11 is 0. The van der Waals surface area contributed by atoms with E-state index >= 15 is 0 Å². The third-order valence-corrected chi connectivity index (χ3v) is 7.36. The summed E-state index contributed by atoms with van der Waals surface area (Å²) in [5.41, 5.74) is 2.44. The lowest BCUT2D eigenvalue weighted by atomic mass is 9.97. The number of benzene rings is 2. The van der Waals surface area contributed by atoms with Crippen LogP contribution in [0.4, 0.5) is 4.39 Å². The highest BCUT2D eigenvalue weighted by Crippen LogP contribution is 2.35. The topological polar surface area (TPSA) is 94.5 Å². The molecular weight excluding hydrogens is 447 g/mol. The largest absolute Gasteiger partial charge is 0.378 e. The Hall–Kier alpha value is -3.28. The number of nitrogens with one attached hydrogen (secondary N) is 2. The maximum absolute atomic E-state index is 14.9. The zero-order valence-electron chi connectivity index (χ0n) is 19.5. The average molecular weight is 477 g/mol. The molecule has 0 unspecified atom stereocenters. The predicted octanol–water partition coefficient (Wildman–Crippen LogP) is 2.66. The van der Waals surface area contributed by atoms with E-state index in [0.29, 0.717) is 55.0 Å². The summed E-state index contributed by atoms with van der Waals surface area (Å²) in [5.74, 6) is -0.312. The number of nitriles is 1. The van der Waals surface area contributed by atoms with E-state index in [1.165, 1.54) is 6.07 Å². The third-order valence-electron chi connectivity index (χ3n) is 7.36. The van der Waals surface area contributed by atoms with E-state index in [1.807, 2.05) is 12.1 Å². The van der Waals surface area contributed by atoms with Crippen molar-refractivity contribution in [3.05, 3.63) is 59.4 Å². The van der Waals surface area contributed by atoms with Crippen LogP contribution in [0, 0.1) is 23.1 Å². The lowest BCUT2D eigenvalue weighted by Crippen LogP contribution is -2.50. The number of hydrogen-bond donors (Lipinski definition) is 2. The molecule has 35 heavy (non-hydrogen) atoms. The fraction of sp³-hybridized carbons (Fsp3) is 0.444. The number of carbonyl (C=O) groups excluding carboxylic acids is 2. The quantitative estimate of drug-likeness (QED) is 0.669. The summed E-state index contributed by atoms with van der Waals surface area (Å²) in [6, 6.07) is 13.5. The summed E-state index contributed by atoms with van der Waals surface area (Å²) in [7, 11) is 0. The van der Waals surface area contributed by atoms with Crippen LogP contribution in [0.1, 0.15) is 35.2 Å². The molecule has 1 saturated carbocycles. The van der Waals surface area contributed by atoms with Gasteiger partial charge in [0, 0.05) is 31.1 Å². The first-order valence-electron chi connectivity index (χ1n) is 12.2. The summed E-state index contributed by atoms with van der Waals surface area (Å²) < 4.78 is 20.2. The lowest BCUT2D eigenvalue weighted by Gasteiger charge is -2.26. The molecule has 3 fully saturated rings. The monoisotopic (exact) mass is 476 g/mol. The highest BCUT2D eigenvalue weighted by molar-refractivity contribution is 5.94. The molecule has 2 N–H and O–H groups in total. The molecule has 1 aliphatic carbocycles. The molecule has 2 aromatic carbocycles. The Morgan fingerprint density at radius 3 is 2.51 bits per heavy atom. The minimum atomic E-state index is -0.797. The summed E-state index contributed by atoms with van der Waals surface area (Å²) in [6.45, 7) is 2.25. The second-order valence-electron chi connectivity index (χ2n) is 9.60. The minimum Gasteiger partial charge on any atom is -0.378 e. The van der Waals surface area contributed by atoms with Crippen LogP contribution in [0.5, 0.6) is 0 Å². The molecule has 8 heteroatoms. The van der Waals surface area contributed by atoms with Crippen LogP contribution in [0.15, 0.2) is 42.5 Å². The van der Waals surface area contributed by atoms with Crippen molar-refractivity contribution in [2.45, 2.75) is 43.8 Å². The molecule has 2 amide bonds. The van der Waals surface area contributed by atoms with Gasteiger partial charge < -0.3 is 20.3 Å². The van der Waals surface area contributed by atoms with Crippen LogP contribution >= 0.6 is 0 Å². The molecule has 0 radical (unpaired) electrons. The number of halogens is 1. The number of hydrogen-bond acceptors (Lipinski definition) is 5. The van der Waals surface area contributed by atoms with Crippen LogP contribution in [-0.2, 0) is 16.0 Å². The normalized spacial score (nSPS) is 24.1. The Morgan fingerprint density at radius 1 is 1.14 bits per heavy atom. The lowest BCUT2D eigenvalue weighted by molar-refractivity contribution is -0.124. The van der Waals surface area contributed by atoms with Crippen LogP contribution < -0.4 is 10.6 Å². The van der Waals surface area contributed by atoms with Crippen LogP contribution in [0.25, 0.3) is 11.1 Å². The van der Waals surface area contributed by atoms with E-state index in [-0.39, 0.29) is 24.3 Å². The smallest absolute Gasteiger partial charge is 0.254 e. The van der Waals surface area contributed by atoms with Gasteiger partial charge in [-0.05, 0) is 60.1 Å². The Balaban J connectivity index is 1.22. The molecule has 2 heterocycles. The summed E-state index contributed by atoms with van der Waals surface area (Å²) in [4.78, 5) is 27.0. The van der Waals surface area contributed by atoms with Gasteiger partial charge in [-0.1, -0.05) is 24.3 Å². The first-order valence-corrected chi connectivity index (χ1v) is 12.2. The fourth-order valence-corrected chi connectivity index (χ4v) is 5.41. The zero-order valence-corrected chi connectivity index (χ0v) is 19.5. The van der Waals surface area contributed by atoms with Crippen molar-refractivity contribution in [3.63, 3.8) is 0 Å². The van der Waals surface area contributed by atoms with E-state index in [9.17, 15) is 19.2 Å². The molecule has 3 aliphatic rings. The van der Waals surface area contributed by atoms with Crippen molar-refractivity contribution in [2.24, 2.45) is 5.92 Å². The Labute approximate surface area is 204 Å². The van der Waals surface area contributed by atoms with E-state index in [1.54, 1.807) is 29.2 Å². The Morgan fingerprint density at radius 2 is 1.89 bits per heavy atom. The Bertz CT molecular complexity index is 1140. The van der Waals surface area contributed by atoms with Crippen molar-refractivity contribution in [3.8, 4) is 17.2 Å². The van der Waals surface area contributed by atoms with Crippen molar-refractivity contribution in [2.75, 3.05) is 26.3 Å². The molecule has 2 saturated heterocycles. The number of morpholine rings is 1. The molecule has 2 aromatic rings. The second-order valence-corrected chi connectivity index (χ2v) is 9.60. The zero-order chi connectivity index (χ0) is 24.4. The number of fused-ring (bicyclic) bond motifs is 2. The molecule has 182 valence electrons. The van der Waals surface area contributed by atoms with Gasteiger partial charge in [0.25, 0.3) is 5.91 Å². The first-order chi connectivity index (χ1) is 17.0. The maximum Gasteiger partial charge on any atom is 0.254 e. The van der Waals surface area contributed by atoms with Gasteiger partial charge in [-0.2, -0.15) is 5.26 Å². The van der Waals surface area contributed by atoms with E-state index < -0.39 is 11.9 Å². The van der Waals surface area contributed by atoms with E-state index in [2.05, 4.69) is 16.7 Å². The first kappa shape index (κ1) is 23.5. The molecule has 0 spiro atoms. The SMILES string of the molecule is N#C[C@H](Cc1ccc(-c2ccc(C(=O)N3CCOCC3)cc2)cc1F)NC(=O)[C@H]1N[C@@H]2CC[C@H]1C2. The van der Waals surface area contributed by atoms with E-state index in [0.717, 1.165) is 24.8 Å². The van der Waals surface area contributed by atoms with Crippen molar-refractivity contribution in [1.82, 2.24) is 15.5 Å². The third kappa shape index (κ3) is 5.07. The van der Waals surface area contributed by atoms with Crippen molar-refractivity contribution in [1.29, 1.82) is 5.26 Å². The van der Waals surface area contributed by atoms with Gasteiger partial charge in [-0.15, -0.1) is 0 Å². The standard InChI is InChI=1S/C27H29FN4O3/c28-24-15-19(17-1-3-18(4-2-17)27(34)32-9-11-35-12-10-32)5-6-20(24)13-23(16-29)31-26(33)25-21-7-8-22(14-21)30-25/h1-6,15,21-23,25,30H,7-14H2,(H,31,33)/t21-,22+,23-,25-/m0/s1. The number of carbonyl (C=O) groups is 2. The van der Waals surface area contributed by atoms with Crippen LogP contribution in [-0.4, -0.2) is 61.1 Å². The molecule has 4 atom stereocenters.